The highest BCUT2D eigenvalue weighted by molar-refractivity contribution is 6.01. The van der Waals surface area contributed by atoms with Gasteiger partial charge in [0.05, 0.1) is 6.61 Å². The minimum atomic E-state index is -0.253. The van der Waals surface area contributed by atoms with Crippen LogP contribution >= 0.6 is 0 Å². The topological polar surface area (TPSA) is 64.4 Å². The van der Waals surface area contributed by atoms with E-state index in [-0.39, 0.29) is 5.91 Å². The van der Waals surface area contributed by atoms with E-state index < -0.39 is 0 Å². The second kappa shape index (κ2) is 6.79. The van der Waals surface area contributed by atoms with Gasteiger partial charge in [-0.15, -0.1) is 0 Å². The molecule has 0 fully saturated rings. The number of carbonyl (C=O) groups excluding carboxylic acids is 1. The minimum absolute atomic E-state index is 0.253. The summed E-state index contributed by atoms with van der Waals surface area (Å²) in [5, 5.41) is 2.76. The molecule has 0 bridgehead atoms. The highest BCUT2D eigenvalue weighted by Crippen LogP contribution is 2.17. The molecular weight excluding hydrogens is 292 g/mol. The van der Waals surface area contributed by atoms with Gasteiger partial charge in [0.25, 0.3) is 0 Å². The van der Waals surface area contributed by atoms with Crippen molar-refractivity contribution in [3.63, 3.8) is 0 Å². The van der Waals surface area contributed by atoms with Crippen molar-refractivity contribution >= 4 is 28.8 Å². The molecule has 3 rings (SSSR count). The number of anilines is 1. The van der Waals surface area contributed by atoms with Crippen LogP contribution in [-0.4, -0.2) is 17.5 Å². The molecule has 0 aliphatic rings. The first-order valence-electron chi connectivity index (χ1n) is 7.32. The van der Waals surface area contributed by atoms with Crippen LogP contribution in [0.5, 0.6) is 5.75 Å². The van der Waals surface area contributed by atoms with Crippen molar-refractivity contribution in [3.8, 4) is 5.75 Å². The monoisotopic (exact) mass is 308 g/mol. The number of fused-ring (bicyclic) bond motifs is 1. The number of carbonyl (C=O) groups is 1. The average molecular weight is 308 g/mol. The maximum atomic E-state index is 11.9. The van der Waals surface area contributed by atoms with E-state index >= 15 is 0 Å². The lowest BCUT2D eigenvalue weighted by atomic mass is 10.3. The van der Waals surface area contributed by atoms with Crippen LogP contribution in [0.4, 0.5) is 5.69 Å². The number of hydrogen-bond donors (Lipinski definition) is 1. The molecule has 1 amide bonds. The standard InChI is InChI=1S/C18H16N2O3/c1-2-22-14-9-7-13(8-10-14)19-17(21)11-12-18-20-15-5-3-4-6-16(15)23-18/h3-12H,2H2,1H3,(H,19,21)/b12-11+. The van der Waals surface area contributed by atoms with Crippen molar-refractivity contribution in [2.75, 3.05) is 11.9 Å². The van der Waals surface area contributed by atoms with E-state index in [2.05, 4.69) is 10.3 Å². The Hall–Kier alpha value is -3.08. The predicted octanol–water partition coefficient (Wildman–Crippen LogP) is 3.88. The van der Waals surface area contributed by atoms with Gasteiger partial charge in [0.1, 0.15) is 11.3 Å². The molecule has 0 unspecified atom stereocenters. The summed E-state index contributed by atoms with van der Waals surface area (Å²) in [6, 6.07) is 14.6. The zero-order chi connectivity index (χ0) is 16.1. The summed E-state index contributed by atoms with van der Waals surface area (Å²) in [5.74, 6) is 0.914. The Bertz CT molecular complexity index is 802. The predicted molar refractivity (Wildman–Crippen MR) is 89.3 cm³/mol. The molecule has 0 aliphatic carbocycles. The smallest absolute Gasteiger partial charge is 0.248 e. The molecule has 5 heteroatoms. The van der Waals surface area contributed by atoms with E-state index in [0.717, 1.165) is 11.3 Å². The average Bonchev–Trinajstić information content (AvgIpc) is 2.98. The van der Waals surface area contributed by atoms with Crippen LogP contribution in [0.3, 0.4) is 0 Å². The molecule has 2 aromatic carbocycles. The van der Waals surface area contributed by atoms with E-state index in [9.17, 15) is 4.79 Å². The van der Waals surface area contributed by atoms with Gasteiger partial charge in [0.15, 0.2) is 5.58 Å². The van der Waals surface area contributed by atoms with Crippen LogP contribution in [0, 0.1) is 0 Å². The summed E-state index contributed by atoms with van der Waals surface area (Å²) in [6.07, 6.45) is 2.94. The molecule has 0 saturated carbocycles. The molecule has 0 atom stereocenters. The Kier molecular flexibility index (Phi) is 4.38. The van der Waals surface area contributed by atoms with Crippen LogP contribution < -0.4 is 10.1 Å². The summed E-state index contributed by atoms with van der Waals surface area (Å²) >= 11 is 0. The lowest BCUT2D eigenvalue weighted by Crippen LogP contribution is -2.07. The molecule has 116 valence electrons. The molecule has 0 saturated heterocycles. The first-order valence-corrected chi connectivity index (χ1v) is 7.32. The van der Waals surface area contributed by atoms with Gasteiger partial charge in [0.2, 0.25) is 11.8 Å². The Morgan fingerprint density at radius 1 is 1.22 bits per heavy atom. The maximum Gasteiger partial charge on any atom is 0.248 e. The zero-order valence-electron chi connectivity index (χ0n) is 12.7. The van der Waals surface area contributed by atoms with Gasteiger partial charge < -0.3 is 14.5 Å². The summed E-state index contributed by atoms with van der Waals surface area (Å²) in [7, 11) is 0. The van der Waals surface area contributed by atoms with Gasteiger partial charge >= 0.3 is 0 Å². The van der Waals surface area contributed by atoms with E-state index in [1.54, 1.807) is 18.2 Å². The number of ether oxygens (including phenoxy) is 1. The number of benzene rings is 2. The maximum absolute atomic E-state index is 11.9. The number of aromatic nitrogens is 1. The molecule has 23 heavy (non-hydrogen) atoms. The van der Waals surface area contributed by atoms with Crippen LogP contribution in [0.2, 0.25) is 0 Å². The zero-order valence-corrected chi connectivity index (χ0v) is 12.7. The highest BCUT2D eigenvalue weighted by atomic mass is 16.5. The Balaban J connectivity index is 1.64. The normalized spacial score (nSPS) is 11.0. The van der Waals surface area contributed by atoms with Gasteiger partial charge in [-0.3, -0.25) is 4.79 Å². The minimum Gasteiger partial charge on any atom is -0.494 e. The van der Waals surface area contributed by atoms with Crippen LogP contribution in [-0.2, 0) is 4.79 Å². The number of oxazole rings is 1. The highest BCUT2D eigenvalue weighted by Gasteiger charge is 2.03. The first-order chi connectivity index (χ1) is 11.2. The van der Waals surface area contributed by atoms with Gasteiger partial charge in [-0.25, -0.2) is 4.98 Å². The number of para-hydroxylation sites is 2. The molecule has 1 N–H and O–H groups in total. The van der Waals surface area contributed by atoms with Crippen molar-refractivity contribution < 1.29 is 13.9 Å². The van der Waals surface area contributed by atoms with Gasteiger partial charge in [-0.2, -0.15) is 0 Å². The second-order valence-electron chi connectivity index (χ2n) is 4.80. The number of nitrogens with zero attached hydrogens (tertiary/aromatic N) is 1. The second-order valence-corrected chi connectivity index (χ2v) is 4.80. The van der Waals surface area contributed by atoms with Crippen LogP contribution in [0.1, 0.15) is 12.8 Å². The largest absolute Gasteiger partial charge is 0.494 e. The van der Waals surface area contributed by atoms with E-state index in [0.29, 0.717) is 23.8 Å². The molecule has 1 heterocycles. The fourth-order valence-electron chi connectivity index (χ4n) is 2.09. The van der Waals surface area contributed by atoms with Crippen molar-refractivity contribution in [3.05, 3.63) is 60.5 Å². The van der Waals surface area contributed by atoms with Crippen LogP contribution in [0.25, 0.3) is 17.2 Å². The SMILES string of the molecule is CCOc1ccc(NC(=O)/C=C/c2nc3ccccc3o2)cc1. The number of rotatable bonds is 5. The third kappa shape index (κ3) is 3.77. The van der Waals surface area contributed by atoms with Gasteiger partial charge in [0, 0.05) is 17.8 Å². The molecule has 1 aromatic heterocycles. The molecule has 3 aromatic rings. The van der Waals surface area contributed by atoms with Crippen molar-refractivity contribution in [2.45, 2.75) is 6.92 Å². The lowest BCUT2D eigenvalue weighted by Gasteiger charge is -2.05. The van der Waals surface area contributed by atoms with Crippen molar-refractivity contribution in [1.29, 1.82) is 0 Å². The van der Waals surface area contributed by atoms with Gasteiger partial charge in [-0.1, -0.05) is 12.1 Å². The third-order valence-electron chi connectivity index (χ3n) is 3.12. The molecule has 0 aliphatic heterocycles. The molecule has 5 nitrogen and oxygen atoms in total. The Labute approximate surface area is 133 Å². The van der Waals surface area contributed by atoms with E-state index in [4.69, 9.17) is 9.15 Å². The summed E-state index contributed by atoms with van der Waals surface area (Å²) in [5.41, 5.74) is 2.15. The quantitative estimate of drug-likeness (QED) is 0.726. The number of amides is 1. The first kappa shape index (κ1) is 14.8. The third-order valence-corrected chi connectivity index (χ3v) is 3.12. The number of nitrogens with one attached hydrogen (secondary N) is 1. The van der Waals surface area contributed by atoms with Crippen molar-refractivity contribution in [2.24, 2.45) is 0 Å². The van der Waals surface area contributed by atoms with Gasteiger partial charge in [-0.05, 0) is 43.3 Å². The molecule has 0 radical (unpaired) electrons. The Morgan fingerprint density at radius 3 is 2.74 bits per heavy atom. The number of hydrogen-bond acceptors (Lipinski definition) is 4. The fraction of sp³-hybridized carbons (Fsp3) is 0.111. The summed E-state index contributed by atoms with van der Waals surface area (Å²) < 4.78 is 10.9. The summed E-state index contributed by atoms with van der Waals surface area (Å²) in [4.78, 5) is 16.2. The van der Waals surface area contributed by atoms with E-state index in [1.165, 1.54) is 6.08 Å². The fourth-order valence-corrected chi connectivity index (χ4v) is 2.09. The lowest BCUT2D eigenvalue weighted by molar-refractivity contribution is -0.111. The van der Waals surface area contributed by atoms with Crippen LogP contribution in [0.15, 0.2) is 59.0 Å². The van der Waals surface area contributed by atoms with E-state index in [1.807, 2.05) is 43.3 Å². The summed E-state index contributed by atoms with van der Waals surface area (Å²) in [6.45, 7) is 2.53. The molecule has 0 spiro atoms. The van der Waals surface area contributed by atoms with Crippen molar-refractivity contribution in [1.82, 2.24) is 4.98 Å². The Morgan fingerprint density at radius 2 is 2.00 bits per heavy atom. The molecular formula is C18H16N2O3.